The highest BCUT2D eigenvalue weighted by atomic mass is 32.2. The average molecular weight is 331 g/mol. The van der Waals surface area contributed by atoms with Crippen LogP contribution in [0.4, 0.5) is 5.69 Å². The van der Waals surface area contributed by atoms with Crippen molar-refractivity contribution in [1.29, 1.82) is 0 Å². The number of hydrogen-bond donors (Lipinski definition) is 1. The van der Waals surface area contributed by atoms with Gasteiger partial charge < -0.3 is 5.32 Å². The number of fused-ring (bicyclic) bond motifs is 1. The molecule has 1 aliphatic heterocycles. The predicted octanol–water partition coefficient (Wildman–Crippen LogP) is 6.39. The monoisotopic (exact) mass is 331 g/mol. The van der Waals surface area contributed by atoms with E-state index in [-0.39, 0.29) is 0 Å². The lowest BCUT2D eigenvalue weighted by molar-refractivity contribution is 0.685. The van der Waals surface area contributed by atoms with Crippen LogP contribution in [0.15, 0.2) is 83.8 Å². The quantitative estimate of drug-likeness (QED) is 0.584. The lowest BCUT2D eigenvalue weighted by Gasteiger charge is -2.22. The number of nitrogens with one attached hydrogen (secondary N) is 1. The summed E-state index contributed by atoms with van der Waals surface area (Å²) >= 11 is 1.98. The molecule has 3 aromatic rings. The van der Waals surface area contributed by atoms with Crippen molar-refractivity contribution < 1.29 is 0 Å². The molecule has 2 atom stereocenters. The third kappa shape index (κ3) is 3.07. The van der Waals surface area contributed by atoms with Gasteiger partial charge >= 0.3 is 0 Å². The molecule has 3 aromatic carbocycles. The molecule has 0 bridgehead atoms. The molecule has 0 saturated heterocycles. The first-order valence-corrected chi connectivity index (χ1v) is 9.32. The number of para-hydroxylation sites is 1. The van der Waals surface area contributed by atoms with Crippen molar-refractivity contribution in [3.8, 4) is 0 Å². The molecular formula is C22H21NS. The summed E-state index contributed by atoms with van der Waals surface area (Å²) in [5, 5.41) is 4.23. The van der Waals surface area contributed by atoms with E-state index in [9.17, 15) is 0 Å². The smallest absolute Gasteiger partial charge is 0.0528 e. The van der Waals surface area contributed by atoms with Gasteiger partial charge in [0.05, 0.1) is 6.04 Å². The van der Waals surface area contributed by atoms with Gasteiger partial charge in [0.15, 0.2) is 0 Å². The number of aryl methyl sites for hydroxylation is 1. The summed E-state index contributed by atoms with van der Waals surface area (Å²) in [6.07, 6.45) is 1.08. The summed E-state index contributed by atoms with van der Waals surface area (Å²) < 4.78 is 0. The summed E-state index contributed by atoms with van der Waals surface area (Å²) in [6, 6.07) is 28.6. The van der Waals surface area contributed by atoms with Crippen LogP contribution in [-0.2, 0) is 0 Å². The van der Waals surface area contributed by atoms with E-state index in [4.69, 9.17) is 0 Å². The molecule has 24 heavy (non-hydrogen) atoms. The minimum Gasteiger partial charge on any atom is -0.377 e. The molecule has 120 valence electrons. The van der Waals surface area contributed by atoms with Crippen molar-refractivity contribution in [2.45, 2.75) is 29.5 Å². The van der Waals surface area contributed by atoms with Gasteiger partial charge in [0, 0.05) is 15.8 Å². The SMILES string of the molecule is Cc1ccccc1[C@@H]1C[C@@H](c2ccccc2)Nc2ccccc2S1. The second-order valence-electron chi connectivity index (χ2n) is 6.30. The molecule has 1 nitrogen and oxygen atoms in total. The van der Waals surface area contributed by atoms with Crippen molar-refractivity contribution in [3.05, 3.63) is 95.6 Å². The van der Waals surface area contributed by atoms with Gasteiger partial charge in [-0.05, 0) is 42.2 Å². The average Bonchev–Trinajstić information content (AvgIpc) is 2.82. The number of anilines is 1. The molecule has 0 spiro atoms. The fourth-order valence-corrected chi connectivity index (χ4v) is 4.79. The maximum Gasteiger partial charge on any atom is 0.0528 e. The zero-order valence-corrected chi connectivity index (χ0v) is 14.6. The summed E-state index contributed by atoms with van der Waals surface area (Å²) in [5.74, 6) is 0. The van der Waals surface area contributed by atoms with Gasteiger partial charge in [-0.3, -0.25) is 0 Å². The topological polar surface area (TPSA) is 12.0 Å². The van der Waals surface area contributed by atoms with E-state index in [1.807, 2.05) is 11.8 Å². The van der Waals surface area contributed by atoms with Gasteiger partial charge in [-0.15, -0.1) is 11.8 Å². The Kier molecular flexibility index (Phi) is 4.31. The third-order valence-corrected chi connectivity index (χ3v) is 6.01. The molecular weight excluding hydrogens is 310 g/mol. The first-order valence-electron chi connectivity index (χ1n) is 8.44. The van der Waals surface area contributed by atoms with Crippen LogP contribution in [0.5, 0.6) is 0 Å². The largest absolute Gasteiger partial charge is 0.377 e. The second-order valence-corrected chi connectivity index (χ2v) is 7.55. The first-order chi connectivity index (χ1) is 11.8. The highest BCUT2D eigenvalue weighted by Crippen LogP contribution is 2.48. The standard InChI is InChI=1S/C22H21NS/c1-16-9-5-6-12-18(16)22-15-20(17-10-3-2-4-11-17)23-19-13-7-8-14-21(19)24-22/h2-14,20,22-23H,15H2,1H3/t20-,22-/m0/s1. The lowest BCUT2D eigenvalue weighted by atomic mass is 9.96. The second kappa shape index (κ2) is 6.74. The van der Waals surface area contributed by atoms with Gasteiger partial charge in [-0.1, -0.05) is 66.7 Å². The molecule has 0 fully saturated rings. The molecule has 2 heteroatoms. The minimum atomic E-state index is 0.326. The van der Waals surface area contributed by atoms with E-state index in [2.05, 4.69) is 91.1 Å². The number of hydrogen-bond acceptors (Lipinski definition) is 2. The van der Waals surface area contributed by atoms with Crippen LogP contribution in [0.1, 0.15) is 34.4 Å². The van der Waals surface area contributed by atoms with Crippen LogP contribution in [0, 0.1) is 6.92 Å². The minimum absolute atomic E-state index is 0.326. The molecule has 0 aliphatic carbocycles. The summed E-state index contributed by atoms with van der Waals surface area (Å²) in [5.41, 5.74) is 5.42. The maximum absolute atomic E-state index is 3.77. The van der Waals surface area contributed by atoms with Crippen molar-refractivity contribution >= 4 is 17.4 Å². The Balaban J connectivity index is 1.77. The Hall–Kier alpha value is -2.19. The highest BCUT2D eigenvalue weighted by Gasteiger charge is 2.26. The van der Waals surface area contributed by atoms with E-state index < -0.39 is 0 Å². The number of thioether (sulfide) groups is 1. The van der Waals surface area contributed by atoms with E-state index >= 15 is 0 Å². The Bertz CT molecular complexity index is 828. The fraction of sp³-hybridized carbons (Fsp3) is 0.182. The summed E-state index contributed by atoms with van der Waals surface area (Å²) in [4.78, 5) is 1.34. The van der Waals surface area contributed by atoms with Crippen LogP contribution in [0.3, 0.4) is 0 Å². The molecule has 0 unspecified atom stereocenters. The van der Waals surface area contributed by atoms with Gasteiger partial charge in [0.25, 0.3) is 0 Å². The van der Waals surface area contributed by atoms with Crippen LogP contribution < -0.4 is 5.32 Å². The predicted molar refractivity (Wildman–Crippen MR) is 104 cm³/mol. The van der Waals surface area contributed by atoms with Crippen molar-refractivity contribution in [3.63, 3.8) is 0 Å². The van der Waals surface area contributed by atoms with Gasteiger partial charge in [-0.25, -0.2) is 0 Å². The molecule has 1 heterocycles. The zero-order valence-electron chi connectivity index (χ0n) is 13.8. The Morgan fingerprint density at radius 1 is 0.833 bits per heavy atom. The van der Waals surface area contributed by atoms with Crippen molar-refractivity contribution in [2.75, 3.05) is 5.32 Å². The maximum atomic E-state index is 3.77. The first kappa shape index (κ1) is 15.3. The van der Waals surface area contributed by atoms with E-state index in [0.717, 1.165) is 6.42 Å². The van der Waals surface area contributed by atoms with Crippen LogP contribution in [-0.4, -0.2) is 0 Å². The van der Waals surface area contributed by atoms with Crippen LogP contribution in [0.2, 0.25) is 0 Å². The Morgan fingerprint density at radius 3 is 2.38 bits per heavy atom. The Labute approximate surface area is 148 Å². The molecule has 0 amide bonds. The third-order valence-electron chi connectivity index (χ3n) is 4.67. The van der Waals surface area contributed by atoms with Crippen LogP contribution in [0.25, 0.3) is 0 Å². The molecule has 1 aliphatic rings. The zero-order chi connectivity index (χ0) is 16.4. The normalized spacial score (nSPS) is 19.9. The van der Waals surface area contributed by atoms with Crippen molar-refractivity contribution in [2.24, 2.45) is 0 Å². The number of rotatable bonds is 2. The molecule has 0 aromatic heterocycles. The molecule has 4 rings (SSSR count). The van der Waals surface area contributed by atoms with E-state index in [1.165, 1.54) is 27.3 Å². The van der Waals surface area contributed by atoms with Gasteiger partial charge in [-0.2, -0.15) is 0 Å². The van der Waals surface area contributed by atoms with Gasteiger partial charge in [0.1, 0.15) is 0 Å². The van der Waals surface area contributed by atoms with E-state index in [0.29, 0.717) is 11.3 Å². The Morgan fingerprint density at radius 2 is 1.54 bits per heavy atom. The molecule has 1 N–H and O–H groups in total. The molecule has 0 radical (unpaired) electrons. The lowest BCUT2D eigenvalue weighted by Crippen LogP contribution is -2.12. The van der Waals surface area contributed by atoms with Crippen LogP contribution >= 0.6 is 11.8 Å². The van der Waals surface area contributed by atoms with E-state index in [1.54, 1.807) is 0 Å². The fourth-order valence-electron chi connectivity index (χ4n) is 3.39. The summed E-state index contributed by atoms with van der Waals surface area (Å²) in [7, 11) is 0. The highest BCUT2D eigenvalue weighted by molar-refractivity contribution is 7.99. The van der Waals surface area contributed by atoms with Crippen molar-refractivity contribution in [1.82, 2.24) is 0 Å². The van der Waals surface area contributed by atoms with Gasteiger partial charge in [0.2, 0.25) is 0 Å². The molecule has 0 saturated carbocycles. The summed E-state index contributed by atoms with van der Waals surface area (Å²) in [6.45, 7) is 2.22. The number of benzene rings is 3.